The van der Waals surface area contributed by atoms with Crippen LogP contribution in [0.1, 0.15) is 109 Å². The number of carboxylic acid groups (broad SMARTS) is 1. The zero-order valence-corrected chi connectivity index (χ0v) is 23.3. The molecule has 0 saturated carbocycles. The van der Waals surface area contributed by atoms with Crippen LogP contribution in [0.2, 0.25) is 0 Å². The molecule has 1 aromatic carbocycles. The first-order valence-corrected chi connectivity index (χ1v) is 11.7. The highest BCUT2D eigenvalue weighted by Crippen LogP contribution is 2.39. The van der Waals surface area contributed by atoms with Gasteiger partial charge in [0.05, 0.1) is 24.0 Å². The number of aliphatic carboxylic acids is 1. The summed E-state index contributed by atoms with van der Waals surface area (Å²) in [5.74, 6) is 0.329. The molecule has 1 aromatic rings. The number of rotatable bonds is 6. The number of benzene rings is 1. The van der Waals surface area contributed by atoms with Gasteiger partial charge >= 0.3 is 5.97 Å². The molecule has 0 aliphatic carbocycles. The number of hydrogen-bond donors (Lipinski definition) is 1. The van der Waals surface area contributed by atoms with Crippen molar-refractivity contribution in [2.24, 2.45) is 10.8 Å². The molecule has 0 amide bonds. The van der Waals surface area contributed by atoms with Crippen LogP contribution in [0.25, 0.3) is 0 Å². The van der Waals surface area contributed by atoms with Crippen molar-refractivity contribution in [2.75, 3.05) is 7.11 Å². The van der Waals surface area contributed by atoms with Crippen molar-refractivity contribution in [3.05, 3.63) is 27.8 Å². The van der Waals surface area contributed by atoms with Crippen LogP contribution < -0.4 is 4.74 Å². The van der Waals surface area contributed by atoms with E-state index in [1.54, 1.807) is 21.0 Å². The molecule has 0 spiro atoms. The van der Waals surface area contributed by atoms with Gasteiger partial charge in [-0.05, 0) is 108 Å². The number of nitriles is 1. The minimum absolute atomic E-state index is 0.111. The first-order valence-electron chi connectivity index (χ1n) is 11.7. The van der Waals surface area contributed by atoms with Gasteiger partial charge in [0, 0.05) is 0 Å². The third-order valence-corrected chi connectivity index (χ3v) is 6.97. The van der Waals surface area contributed by atoms with E-state index in [1.165, 1.54) is 27.8 Å². The van der Waals surface area contributed by atoms with Crippen molar-refractivity contribution in [1.82, 2.24) is 0 Å². The summed E-state index contributed by atoms with van der Waals surface area (Å²) >= 11 is 0. The molecular weight excluding hydrogens is 398 g/mol. The number of carboxylic acids is 1. The Morgan fingerprint density at radius 2 is 1.25 bits per heavy atom. The highest BCUT2D eigenvalue weighted by atomic mass is 16.5. The van der Waals surface area contributed by atoms with Gasteiger partial charge in [0.2, 0.25) is 0 Å². The van der Waals surface area contributed by atoms with Crippen LogP contribution in [0.5, 0.6) is 5.75 Å². The van der Waals surface area contributed by atoms with E-state index in [4.69, 9.17) is 15.1 Å². The molecule has 0 radical (unpaired) electrons. The summed E-state index contributed by atoms with van der Waals surface area (Å²) < 4.78 is 5.54. The lowest BCUT2D eigenvalue weighted by molar-refractivity contribution is -0.147. The molecule has 0 bridgehead atoms. The molecule has 0 heterocycles. The first-order chi connectivity index (χ1) is 14.4. The van der Waals surface area contributed by atoms with Crippen molar-refractivity contribution < 1.29 is 14.6 Å². The maximum absolute atomic E-state index is 10.3. The number of methoxy groups -OCH3 is 1. The Kier molecular flexibility index (Phi) is 12.9. The Morgan fingerprint density at radius 1 is 0.844 bits per heavy atom. The maximum atomic E-state index is 10.3. The van der Waals surface area contributed by atoms with E-state index in [0.717, 1.165) is 18.6 Å². The van der Waals surface area contributed by atoms with Gasteiger partial charge in [-0.2, -0.15) is 5.26 Å². The largest absolute Gasteiger partial charge is 0.496 e. The van der Waals surface area contributed by atoms with Gasteiger partial charge in [-0.3, -0.25) is 4.79 Å². The Hall–Kier alpha value is -2.02. The summed E-state index contributed by atoms with van der Waals surface area (Å²) in [7, 11) is 1.76. The van der Waals surface area contributed by atoms with E-state index >= 15 is 0 Å². The molecule has 4 heteroatoms. The van der Waals surface area contributed by atoms with E-state index in [-0.39, 0.29) is 10.8 Å². The quantitative estimate of drug-likeness (QED) is 0.478. The smallest absolute Gasteiger partial charge is 0.309 e. The lowest BCUT2D eigenvalue weighted by Gasteiger charge is -2.30. The maximum Gasteiger partial charge on any atom is 0.309 e. The van der Waals surface area contributed by atoms with Crippen molar-refractivity contribution in [3.8, 4) is 11.8 Å². The highest BCUT2D eigenvalue weighted by molar-refractivity contribution is 5.73. The van der Waals surface area contributed by atoms with E-state index < -0.39 is 11.4 Å². The third-order valence-electron chi connectivity index (χ3n) is 6.97. The number of hydrogen-bond acceptors (Lipinski definition) is 3. The standard InChI is InChI=1S/C16H26O.C6H11N.C6H12O2/c1-9-16(6,7)14-10(2)12(4)15(17-8)13(5)11(14)3;1-4-6(2,3)5-7;1-4-6(2,3)5(7)8/h9H2,1-8H3;4H2,1-3H3;4H2,1-3H3,(H,7,8). The van der Waals surface area contributed by atoms with E-state index in [9.17, 15) is 4.79 Å². The minimum Gasteiger partial charge on any atom is -0.496 e. The summed E-state index contributed by atoms with van der Waals surface area (Å²) in [6, 6.07) is 2.19. The van der Waals surface area contributed by atoms with E-state index in [2.05, 4.69) is 54.5 Å². The van der Waals surface area contributed by atoms with Crippen molar-refractivity contribution in [1.29, 1.82) is 5.26 Å². The first kappa shape index (κ1) is 32.2. The second-order valence-electron chi connectivity index (χ2n) is 10.5. The molecule has 0 aliphatic rings. The van der Waals surface area contributed by atoms with Gasteiger partial charge in [-0.25, -0.2) is 0 Å². The predicted molar refractivity (Wildman–Crippen MR) is 137 cm³/mol. The lowest BCUT2D eigenvalue weighted by Crippen LogP contribution is -2.21. The van der Waals surface area contributed by atoms with Gasteiger partial charge in [0.25, 0.3) is 0 Å². The van der Waals surface area contributed by atoms with E-state index in [1.807, 2.05) is 27.7 Å². The number of nitrogens with zero attached hydrogens (tertiary/aromatic N) is 1. The molecule has 0 aliphatic heterocycles. The van der Waals surface area contributed by atoms with E-state index in [0.29, 0.717) is 6.42 Å². The third kappa shape index (κ3) is 8.85. The topological polar surface area (TPSA) is 70.3 Å². The number of carbonyl (C=O) groups is 1. The molecule has 1 rings (SSSR count). The van der Waals surface area contributed by atoms with Crippen LogP contribution in [-0.2, 0) is 10.2 Å². The summed E-state index contributed by atoms with van der Waals surface area (Å²) in [5.41, 5.74) is 6.42. The van der Waals surface area contributed by atoms with Crippen molar-refractivity contribution in [3.63, 3.8) is 0 Å². The molecule has 184 valence electrons. The van der Waals surface area contributed by atoms with Crippen LogP contribution in [-0.4, -0.2) is 18.2 Å². The predicted octanol–water partition coefficient (Wildman–Crippen LogP) is 8.07. The minimum atomic E-state index is -0.722. The van der Waals surface area contributed by atoms with Crippen LogP contribution in [0.4, 0.5) is 0 Å². The molecule has 0 fully saturated rings. The Bertz CT molecular complexity index is 767. The summed E-state index contributed by atoms with van der Waals surface area (Å²) in [4.78, 5) is 10.3. The highest BCUT2D eigenvalue weighted by Gasteiger charge is 2.26. The zero-order valence-electron chi connectivity index (χ0n) is 23.3. The molecule has 32 heavy (non-hydrogen) atoms. The second-order valence-corrected chi connectivity index (χ2v) is 10.5. The van der Waals surface area contributed by atoms with Gasteiger partial charge in [-0.1, -0.05) is 34.6 Å². The fraction of sp³-hybridized carbons (Fsp3) is 0.714. The van der Waals surface area contributed by atoms with Gasteiger partial charge in [0.1, 0.15) is 5.75 Å². The van der Waals surface area contributed by atoms with Gasteiger partial charge in [-0.15, -0.1) is 0 Å². The van der Waals surface area contributed by atoms with Crippen LogP contribution in [0.15, 0.2) is 0 Å². The summed E-state index contributed by atoms with van der Waals surface area (Å²) in [6.07, 6.45) is 2.77. The average molecular weight is 448 g/mol. The molecule has 0 saturated heterocycles. The Labute approximate surface area is 198 Å². The zero-order chi connectivity index (χ0) is 26.1. The molecule has 4 nitrogen and oxygen atoms in total. The second kappa shape index (κ2) is 12.9. The van der Waals surface area contributed by atoms with Gasteiger partial charge < -0.3 is 9.84 Å². The van der Waals surface area contributed by atoms with Crippen LogP contribution in [0.3, 0.4) is 0 Å². The SMILES string of the molecule is CCC(C)(C)C#N.CCC(C)(C)C(=O)O.CCC(C)(C)c1c(C)c(C)c(OC)c(C)c1C. The summed E-state index contributed by atoms with van der Waals surface area (Å²) in [5, 5.41) is 16.8. The average Bonchev–Trinajstić information content (AvgIpc) is 2.73. The van der Waals surface area contributed by atoms with Gasteiger partial charge in [0.15, 0.2) is 0 Å². The summed E-state index contributed by atoms with van der Waals surface area (Å²) in [6.45, 7) is 26.9. The monoisotopic (exact) mass is 447 g/mol. The fourth-order valence-corrected chi connectivity index (χ4v) is 3.01. The molecule has 0 unspecified atom stereocenters. The van der Waals surface area contributed by atoms with Crippen molar-refractivity contribution in [2.45, 2.75) is 115 Å². The van der Waals surface area contributed by atoms with Crippen LogP contribution in [0, 0.1) is 49.9 Å². The van der Waals surface area contributed by atoms with Crippen molar-refractivity contribution >= 4 is 5.97 Å². The number of ether oxygens (including phenoxy) is 1. The van der Waals surface area contributed by atoms with Crippen LogP contribution >= 0.6 is 0 Å². The lowest BCUT2D eigenvalue weighted by atomic mass is 9.75. The molecule has 0 aromatic heterocycles. The molecule has 0 atom stereocenters. The fourth-order valence-electron chi connectivity index (χ4n) is 3.01. The Balaban J connectivity index is 0. The normalized spacial score (nSPS) is 11.4. The Morgan fingerprint density at radius 3 is 1.41 bits per heavy atom. The molecular formula is C28H49NO3. The molecule has 1 N–H and O–H groups in total.